The molecule has 0 atom stereocenters. The SMILES string of the molecule is CCn1nc(C(C)C)cc1C(=O)NC/C=C/C(=O)OC. The van der Waals surface area contributed by atoms with Crippen LogP contribution in [0.2, 0.25) is 0 Å². The highest BCUT2D eigenvalue weighted by Gasteiger charge is 2.15. The molecular formula is C14H21N3O3. The Morgan fingerprint density at radius 1 is 1.50 bits per heavy atom. The molecule has 110 valence electrons. The van der Waals surface area contributed by atoms with Crippen LogP contribution in [0.5, 0.6) is 0 Å². The van der Waals surface area contributed by atoms with Gasteiger partial charge in [0.15, 0.2) is 0 Å². The van der Waals surface area contributed by atoms with Crippen LogP contribution in [0, 0.1) is 0 Å². The van der Waals surface area contributed by atoms with Crippen molar-refractivity contribution in [3.8, 4) is 0 Å². The van der Waals surface area contributed by atoms with Crippen molar-refractivity contribution in [3.63, 3.8) is 0 Å². The van der Waals surface area contributed by atoms with E-state index in [1.165, 1.54) is 13.2 Å². The van der Waals surface area contributed by atoms with E-state index >= 15 is 0 Å². The van der Waals surface area contributed by atoms with E-state index in [2.05, 4.69) is 15.2 Å². The quantitative estimate of drug-likeness (QED) is 0.632. The number of aromatic nitrogens is 2. The number of aryl methyl sites for hydroxylation is 1. The number of nitrogens with zero attached hydrogens (tertiary/aromatic N) is 2. The van der Waals surface area contributed by atoms with Crippen LogP contribution in [-0.4, -0.2) is 35.3 Å². The number of carbonyl (C=O) groups is 2. The van der Waals surface area contributed by atoms with Crippen LogP contribution >= 0.6 is 0 Å². The lowest BCUT2D eigenvalue weighted by Gasteiger charge is -2.04. The Bertz CT molecular complexity index is 504. The van der Waals surface area contributed by atoms with Gasteiger partial charge in [0, 0.05) is 19.2 Å². The van der Waals surface area contributed by atoms with Crippen LogP contribution in [0.4, 0.5) is 0 Å². The standard InChI is InChI=1S/C14H21N3O3/c1-5-17-12(9-11(16-17)10(2)3)14(19)15-8-6-7-13(18)20-4/h6-7,9-10H,5,8H2,1-4H3,(H,15,19)/b7-6+. The Hall–Kier alpha value is -2.11. The highest BCUT2D eigenvalue weighted by Crippen LogP contribution is 2.14. The van der Waals surface area contributed by atoms with Gasteiger partial charge in [-0.15, -0.1) is 0 Å². The number of hydrogen-bond acceptors (Lipinski definition) is 4. The molecule has 0 spiro atoms. The van der Waals surface area contributed by atoms with Crippen molar-refractivity contribution >= 4 is 11.9 Å². The molecule has 1 aromatic rings. The molecule has 1 N–H and O–H groups in total. The van der Waals surface area contributed by atoms with Crippen LogP contribution < -0.4 is 5.32 Å². The van der Waals surface area contributed by atoms with E-state index in [1.54, 1.807) is 16.8 Å². The van der Waals surface area contributed by atoms with Gasteiger partial charge in [-0.3, -0.25) is 9.48 Å². The van der Waals surface area contributed by atoms with E-state index in [-0.39, 0.29) is 18.4 Å². The Kier molecular flexibility index (Phi) is 5.96. The van der Waals surface area contributed by atoms with Crippen molar-refractivity contribution in [3.05, 3.63) is 29.6 Å². The zero-order valence-corrected chi connectivity index (χ0v) is 12.3. The monoisotopic (exact) mass is 279 g/mol. The highest BCUT2D eigenvalue weighted by atomic mass is 16.5. The Morgan fingerprint density at radius 3 is 2.75 bits per heavy atom. The molecule has 1 amide bonds. The first-order valence-electron chi connectivity index (χ1n) is 6.60. The molecule has 0 saturated heterocycles. The molecule has 0 aliphatic rings. The van der Waals surface area contributed by atoms with E-state index in [4.69, 9.17) is 0 Å². The summed E-state index contributed by atoms with van der Waals surface area (Å²) in [6.07, 6.45) is 2.82. The summed E-state index contributed by atoms with van der Waals surface area (Å²) in [5, 5.41) is 7.09. The van der Waals surface area contributed by atoms with Gasteiger partial charge in [-0.25, -0.2) is 4.79 Å². The third-order valence-corrected chi connectivity index (χ3v) is 2.76. The van der Waals surface area contributed by atoms with Gasteiger partial charge in [0.25, 0.3) is 5.91 Å². The molecule has 0 aromatic carbocycles. The first kappa shape index (κ1) is 15.9. The van der Waals surface area contributed by atoms with E-state index in [0.29, 0.717) is 12.2 Å². The summed E-state index contributed by atoms with van der Waals surface area (Å²) in [4.78, 5) is 22.9. The molecule has 0 unspecified atom stereocenters. The maximum Gasteiger partial charge on any atom is 0.330 e. The van der Waals surface area contributed by atoms with Gasteiger partial charge >= 0.3 is 5.97 Å². The molecular weight excluding hydrogens is 258 g/mol. The lowest BCUT2D eigenvalue weighted by atomic mass is 10.1. The fourth-order valence-corrected chi connectivity index (χ4v) is 1.61. The Morgan fingerprint density at radius 2 is 2.20 bits per heavy atom. The van der Waals surface area contributed by atoms with E-state index in [9.17, 15) is 9.59 Å². The van der Waals surface area contributed by atoms with Crippen LogP contribution in [0.25, 0.3) is 0 Å². The van der Waals surface area contributed by atoms with Crippen molar-refractivity contribution in [1.29, 1.82) is 0 Å². The van der Waals surface area contributed by atoms with Crippen molar-refractivity contribution in [2.24, 2.45) is 0 Å². The smallest absolute Gasteiger partial charge is 0.330 e. The fraction of sp³-hybridized carbons (Fsp3) is 0.500. The molecule has 1 aromatic heterocycles. The van der Waals surface area contributed by atoms with E-state index in [1.807, 2.05) is 20.8 Å². The summed E-state index contributed by atoms with van der Waals surface area (Å²) >= 11 is 0. The van der Waals surface area contributed by atoms with Gasteiger partial charge in [-0.05, 0) is 18.9 Å². The number of methoxy groups -OCH3 is 1. The van der Waals surface area contributed by atoms with E-state index in [0.717, 1.165) is 5.69 Å². The number of nitrogens with one attached hydrogen (secondary N) is 1. The minimum atomic E-state index is -0.444. The van der Waals surface area contributed by atoms with Crippen molar-refractivity contribution in [2.45, 2.75) is 33.2 Å². The normalized spacial score (nSPS) is 11.1. The topological polar surface area (TPSA) is 73.2 Å². The number of ether oxygens (including phenoxy) is 1. The summed E-state index contributed by atoms with van der Waals surface area (Å²) in [5.41, 5.74) is 1.42. The minimum Gasteiger partial charge on any atom is -0.466 e. The summed E-state index contributed by atoms with van der Waals surface area (Å²) in [5.74, 6) is -0.380. The second-order valence-corrected chi connectivity index (χ2v) is 4.56. The predicted molar refractivity (Wildman–Crippen MR) is 75.5 cm³/mol. The molecule has 0 aliphatic carbocycles. The number of carbonyl (C=O) groups excluding carboxylic acids is 2. The Balaban J connectivity index is 2.67. The Labute approximate surface area is 118 Å². The minimum absolute atomic E-state index is 0.208. The molecule has 1 rings (SSSR count). The lowest BCUT2D eigenvalue weighted by molar-refractivity contribution is -0.134. The average Bonchev–Trinajstić information content (AvgIpc) is 2.87. The van der Waals surface area contributed by atoms with Gasteiger partial charge in [0.1, 0.15) is 5.69 Å². The second kappa shape index (κ2) is 7.47. The predicted octanol–water partition coefficient (Wildman–Crippen LogP) is 1.49. The molecule has 0 bridgehead atoms. The molecule has 20 heavy (non-hydrogen) atoms. The van der Waals surface area contributed by atoms with Crippen LogP contribution in [0.1, 0.15) is 42.9 Å². The number of hydrogen-bond donors (Lipinski definition) is 1. The van der Waals surface area contributed by atoms with Crippen molar-refractivity contribution in [1.82, 2.24) is 15.1 Å². The molecule has 0 radical (unpaired) electrons. The molecule has 0 fully saturated rings. The summed E-state index contributed by atoms with van der Waals surface area (Å²) < 4.78 is 6.13. The highest BCUT2D eigenvalue weighted by molar-refractivity contribution is 5.92. The van der Waals surface area contributed by atoms with Crippen molar-refractivity contribution < 1.29 is 14.3 Å². The summed E-state index contributed by atoms with van der Waals surface area (Å²) in [6.45, 7) is 6.89. The molecule has 6 heteroatoms. The van der Waals surface area contributed by atoms with Gasteiger partial charge < -0.3 is 10.1 Å². The van der Waals surface area contributed by atoms with Crippen LogP contribution in [-0.2, 0) is 16.1 Å². The van der Waals surface area contributed by atoms with Gasteiger partial charge in [-0.1, -0.05) is 19.9 Å². The third-order valence-electron chi connectivity index (χ3n) is 2.76. The summed E-state index contributed by atoms with van der Waals surface area (Å²) in [6, 6.07) is 1.80. The van der Waals surface area contributed by atoms with Gasteiger partial charge in [-0.2, -0.15) is 5.10 Å². The molecule has 0 aliphatic heterocycles. The largest absolute Gasteiger partial charge is 0.466 e. The van der Waals surface area contributed by atoms with Gasteiger partial charge in [0.2, 0.25) is 0 Å². The molecule has 0 saturated carbocycles. The zero-order valence-electron chi connectivity index (χ0n) is 12.3. The summed E-state index contributed by atoms with van der Waals surface area (Å²) in [7, 11) is 1.30. The number of amides is 1. The first-order valence-corrected chi connectivity index (χ1v) is 6.60. The number of rotatable bonds is 6. The van der Waals surface area contributed by atoms with Crippen LogP contribution in [0.15, 0.2) is 18.2 Å². The van der Waals surface area contributed by atoms with Crippen molar-refractivity contribution in [2.75, 3.05) is 13.7 Å². The zero-order chi connectivity index (χ0) is 15.1. The second-order valence-electron chi connectivity index (χ2n) is 4.56. The maximum atomic E-state index is 12.1. The fourth-order valence-electron chi connectivity index (χ4n) is 1.61. The van der Waals surface area contributed by atoms with E-state index < -0.39 is 5.97 Å². The third kappa shape index (κ3) is 4.22. The molecule has 6 nitrogen and oxygen atoms in total. The maximum absolute atomic E-state index is 12.1. The van der Waals surface area contributed by atoms with Gasteiger partial charge in [0.05, 0.1) is 12.8 Å². The molecule has 1 heterocycles. The average molecular weight is 279 g/mol. The van der Waals surface area contributed by atoms with Crippen LogP contribution in [0.3, 0.4) is 0 Å². The first-order chi connectivity index (χ1) is 9.49. The lowest BCUT2D eigenvalue weighted by Crippen LogP contribution is -2.26. The number of esters is 1.